The molecule has 0 bridgehead atoms. The van der Waals surface area contributed by atoms with Gasteiger partial charge in [-0.25, -0.2) is 8.42 Å². The molecular weight excluding hydrogens is 302 g/mol. The van der Waals surface area contributed by atoms with E-state index in [1.165, 1.54) is 11.3 Å². The van der Waals surface area contributed by atoms with Crippen molar-refractivity contribution in [3.8, 4) is 0 Å². The number of rotatable bonds is 4. The van der Waals surface area contributed by atoms with Gasteiger partial charge in [-0.1, -0.05) is 20.3 Å². The molecule has 1 aliphatic heterocycles. The van der Waals surface area contributed by atoms with Gasteiger partial charge in [0.1, 0.15) is 4.21 Å². The van der Waals surface area contributed by atoms with Crippen molar-refractivity contribution < 1.29 is 8.42 Å². The summed E-state index contributed by atoms with van der Waals surface area (Å²) in [6, 6.07) is 3.47. The predicted molar refractivity (Wildman–Crippen MR) is 80.3 cm³/mol. The first-order chi connectivity index (χ1) is 8.91. The fourth-order valence-corrected chi connectivity index (χ4v) is 5.37. The molecule has 6 heteroatoms. The molecule has 1 fully saturated rings. The average Bonchev–Trinajstić information content (AvgIpc) is 2.89. The van der Waals surface area contributed by atoms with Crippen molar-refractivity contribution in [1.82, 2.24) is 4.31 Å². The van der Waals surface area contributed by atoms with E-state index in [0.29, 0.717) is 28.6 Å². The second kappa shape index (κ2) is 5.72. The number of hydrogen-bond donors (Lipinski definition) is 0. The Balaban J connectivity index is 2.14. The van der Waals surface area contributed by atoms with Crippen molar-refractivity contribution in [2.24, 2.45) is 5.41 Å². The second-order valence-electron chi connectivity index (χ2n) is 5.42. The molecule has 0 saturated carbocycles. The first-order valence-electron chi connectivity index (χ1n) is 6.56. The van der Waals surface area contributed by atoms with Gasteiger partial charge >= 0.3 is 0 Å². The maximum atomic E-state index is 12.5. The summed E-state index contributed by atoms with van der Waals surface area (Å²) in [5.74, 6) is 0.369. The predicted octanol–water partition coefficient (Wildman–Crippen LogP) is 3.69. The molecule has 2 heterocycles. The molecule has 0 N–H and O–H groups in total. The highest BCUT2D eigenvalue weighted by molar-refractivity contribution is 7.91. The molecule has 0 aliphatic carbocycles. The number of halogens is 1. The largest absolute Gasteiger partial charge is 0.252 e. The van der Waals surface area contributed by atoms with Crippen LogP contribution in [0.5, 0.6) is 0 Å². The average molecular weight is 322 g/mol. The normalized spacial score (nSPS) is 20.6. The van der Waals surface area contributed by atoms with E-state index in [-0.39, 0.29) is 0 Å². The molecule has 0 atom stereocenters. The van der Waals surface area contributed by atoms with Crippen LogP contribution >= 0.6 is 22.9 Å². The smallest absolute Gasteiger partial charge is 0.206 e. The van der Waals surface area contributed by atoms with Crippen LogP contribution in [0.2, 0.25) is 0 Å². The first-order valence-corrected chi connectivity index (χ1v) is 9.35. The van der Waals surface area contributed by atoms with Crippen LogP contribution in [0.15, 0.2) is 16.3 Å². The number of thiophene rings is 1. The van der Waals surface area contributed by atoms with Crippen LogP contribution in [0.3, 0.4) is 0 Å². The molecule has 1 aromatic heterocycles. The van der Waals surface area contributed by atoms with Gasteiger partial charge in [0.25, 0.3) is 10.0 Å². The highest BCUT2D eigenvalue weighted by atomic mass is 35.5. The Morgan fingerprint density at radius 2 is 2.00 bits per heavy atom. The van der Waals surface area contributed by atoms with E-state index >= 15 is 0 Å². The van der Waals surface area contributed by atoms with Gasteiger partial charge in [0.05, 0.1) is 5.88 Å². The summed E-state index contributed by atoms with van der Waals surface area (Å²) in [4.78, 5) is 0.899. The summed E-state index contributed by atoms with van der Waals surface area (Å²) in [7, 11) is -3.32. The Morgan fingerprint density at radius 3 is 2.47 bits per heavy atom. The highest BCUT2D eigenvalue weighted by Crippen LogP contribution is 2.36. The van der Waals surface area contributed by atoms with Crippen molar-refractivity contribution in [3.05, 3.63) is 17.0 Å². The molecule has 0 amide bonds. The minimum atomic E-state index is -3.32. The van der Waals surface area contributed by atoms with Crippen molar-refractivity contribution in [3.63, 3.8) is 0 Å². The monoisotopic (exact) mass is 321 g/mol. The lowest BCUT2D eigenvalue weighted by atomic mass is 9.79. The van der Waals surface area contributed by atoms with Gasteiger partial charge in [-0.2, -0.15) is 4.31 Å². The summed E-state index contributed by atoms with van der Waals surface area (Å²) in [6.45, 7) is 5.67. The lowest BCUT2D eigenvalue weighted by Crippen LogP contribution is -2.41. The molecule has 1 aromatic rings. The Morgan fingerprint density at radius 1 is 1.37 bits per heavy atom. The van der Waals surface area contributed by atoms with E-state index in [4.69, 9.17) is 11.6 Å². The zero-order valence-corrected chi connectivity index (χ0v) is 13.7. The zero-order chi connectivity index (χ0) is 14.1. The Hall–Kier alpha value is -0.100. The zero-order valence-electron chi connectivity index (χ0n) is 11.4. The van der Waals surface area contributed by atoms with Crippen LogP contribution in [0, 0.1) is 5.41 Å². The molecule has 3 nitrogen and oxygen atoms in total. The highest BCUT2D eigenvalue weighted by Gasteiger charge is 2.34. The second-order valence-corrected chi connectivity index (χ2v) is 9.02. The van der Waals surface area contributed by atoms with Crippen LogP contribution in [-0.4, -0.2) is 25.8 Å². The quantitative estimate of drug-likeness (QED) is 0.793. The summed E-state index contributed by atoms with van der Waals surface area (Å²) in [5, 5.41) is 0. The van der Waals surface area contributed by atoms with E-state index in [2.05, 4.69) is 13.8 Å². The number of alkyl halides is 1. The van der Waals surface area contributed by atoms with E-state index in [0.717, 1.165) is 24.1 Å². The Labute approximate surface area is 124 Å². The Bertz CT molecular complexity index is 531. The fourth-order valence-electron chi connectivity index (χ4n) is 2.32. The maximum Gasteiger partial charge on any atom is 0.252 e. The topological polar surface area (TPSA) is 37.4 Å². The molecular formula is C13H20ClNO2S2. The third kappa shape index (κ3) is 3.15. The van der Waals surface area contributed by atoms with Crippen LogP contribution < -0.4 is 0 Å². The van der Waals surface area contributed by atoms with Crippen LogP contribution in [-0.2, 0) is 15.9 Å². The van der Waals surface area contributed by atoms with E-state index in [1.807, 2.05) is 0 Å². The van der Waals surface area contributed by atoms with Crippen molar-refractivity contribution in [2.75, 3.05) is 13.1 Å². The van der Waals surface area contributed by atoms with Gasteiger partial charge in [-0.3, -0.25) is 0 Å². The van der Waals surface area contributed by atoms with E-state index < -0.39 is 10.0 Å². The lowest BCUT2D eigenvalue weighted by Gasteiger charge is -2.37. The third-order valence-electron chi connectivity index (χ3n) is 4.15. The number of nitrogens with zero attached hydrogens (tertiary/aromatic N) is 1. The third-order valence-corrected chi connectivity index (χ3v) is 8.04. The van der Waals surface area contributed by atoms with E-state index in [1.54, 1.807) is 16.4 Å². The van der Waals surface area contributed by atoms with E-state index in [9.17, 15) is 8.42 Å². The standard InChI is InChI=1S/C13H20ClNO2S2/c1-3-13(2)6-8-15(9-7-13)19(16,17)12-5-4-11(10-14)18-12/h4-5H,3,6-10H2,1-2H3. The minimum absolute atomic E-state index is 0.294. The summed E-state index contributed by atoms with van der Waals surface area (Å²) in [6.07, 6.45) is 2.99. The van der Waals surface area contributed by atoms with Gasteiger partial charge in [-0.15, -0.1) is 22.9 Å². The van der Waals surface area contributed by atoms with Crippen molar-refractivity contribution in [2.45, 2.75) is 43.2 Å². The van der Waals surface area contributed by atoms with Gasteiger partial charge in [0, 0.05) is 18.0 Å². The fraction of sp³-hybridized carbons (Fsp3) is 0.692. The molecule has 0 spiro atoms. The summed E-state index contributed by atoms with van der Waals surface area (Å²) < 4.78 is 27.1. The number of hydrogen-bond acceptors (Lipinski definition) is 3. The molecule has 0 aromatic carbocycles. The molecule has 2 rings (SSSR count). The number of piperidine rings is 1. The SMILES string of the molecule is CCC1(C)CCN(S(=O)(=O)c2ccc(CCl)s2)CC1. The molecule has 108 valence electrons. The van der Waals surface area contributed by atoms with Crippen LogP contribution in [0.4, 0.5) is 0 Å². The molecule has 1 aliphatic rings. The van der Waals surface area contributed by atoms with Gasteiger partial charge in [0.15, 0.2) is 0 Å². The Kier molecular flexibility index (Phi) is 4.60. The first kappa shape index (κ1) is 15.3. The number of sulfonamides is 1. The minimum Gasteiger partial charge on any atom is -0.206 e. The van der Waals surface area contributed by atoms with Crippen LogP contribution in [0.25, 0.3) is 0 Å². The molecule has 0 unspecified atom stereocenters. The summed E-state index contributed by atoms with van der Waals surface area (Å²) in [5.41, 5.74) is 0.294. The van der Waals surface area contributed by atoms with Crippen molar-refractivity contribution >= 4 is 33.0 Å². The lowest BCUT2D eigenvalue weighted by molar-refractivity contribution is 0.169. The van der Waals surface area contributed by atoms with Crippen LogP contribution in [0.1, 0.15) is 38.0 Å². The molecule has 19 heavy (non-hydrogen) atoms. The molecule has 0 radical (unpaired) electrons. The van der Waals surface area contributed by atoms with Gasteiger partial charge in [0.2, 0.25) is 0 Å². The maximum absolute atomic E-state index is 12.5. The van der Waals surface area contributed by atoms with Gasteiger partial charge in [-0.05, 0) is 30.4 Å². The summed E-state index contributed by atoms with van der Waals surface area (Å²) >= 11 is 7.01. The van der Waals surface area contributed by atoms with Gasteiger partial charge < -0.3 is 0 Å². The molecule has 1 saturated heterocycles. The van der Waals surface area contributed by atoms with Crippen molar-refractivity contribution in [1.29, 1.82) is 0 Å².